The zero-order valence-electron chi connectivity index (χ0n) is 13.7. The third kappa shape index (κ3) is 4.09. The highest BCUT2D eigenvalue weighted by molar-refractivity contribution is 5.25. The Morgan fingerprint density at radius 1 is 1.15 bits per heavy atom. The molecular weight excluding hydrogens is 242 g/mol. The number of nitrogens with one attached hydrogen (secondary N) is 1. The monoisotopic (exact) mass is 273 g/mol. The van der Waals surface area contributed by atoms with Crippen LogP contribution >= 0.6 is 0 Å². The van der Waals surface area contributed by atoms with Gasteiger partial charge in [0.05, 0.1) is 0 Å². The minimum atomic E-state index is 0.629. The number of hydrogen-bond acceptors (Lipinski definition) is 1. The summed E-state index contributed by atoms with van der Waals surface area (Å²) in [5.74, 6) is 2.42. The van der Waals surface area contributed by atoms with Crippen LogP contribution in [0.2, 0.25) is 0 Å². The molecule has 1 nitrogen and oxygen atoms in total. The van der Waals surface area contributed by atoms with Crippen molar-refractivity contribution in [3.8, 4) is 0 Å². The van der Waals surface area contributed by atoms with E-state index in [1.54, 1.807) is 0 Å². The van der Waals surface area contributed by atoms with Crippen LogP contribution in [0.4, 0.5) is 0 Å². The van der Waals surface area contributed by atoms with Crippen LogP contribution in [-0.2, 0) is 6.42 Å². The predicted molar refractivity (Wildman–Crippen MR) is 88.2 cm³/mol. The van der Waals surface area contributed by atoms with Gasteiger partial charge in [-0.05, 0) is 54.7 Å². The van der Waals surface area contributed by atoms with Crippen molar-refractivity contribution in [1.29, 1.82) is 0 Å². The number of benzene rings is 1. The molecule has 0 radical (unpaired) electrons. The van der Waals surface area contributed by atoms with Crippen LogP contribution in [-0.4, -0.2) is 12.6 Å². The van der Waals surface area contributed by atoms with E-state index in [2.05, 4.69) is 57.3 Å². The maximum Gasteiger partial charge on any atom is 0.0136 e. The van der Waals surface area contributed by atoms with Crippen molar-refractivity contribution < 1.29 is 0 Å². The van der Waals surface area contributed by atoms with Crippen molar-refractivity contribution in [2.45, 2.75) is 65.3 Å². The summed E-state index contributed by atoms with van der Waals surface area (Å²) >= 11 is 0. The van der Waals surface area contributed by atoms with Gasteiger partial charge in [-0.2, -0.15) is 0 Å². The predicted octanol–water partition coefficient (Wildman–Crippen LogP) is 4.77. The fourth-order valence-corrected chi connectivity index (χ4v) is 3.58. The Morgan fingerprint density at radius 3 is 2.35 bits per heavy atom. The van der Waals surface area contributed by atoms with Gasteiger partial charge in [-0.25, -0.2) is 0 Å². The van der Waals surface area contributed by atoms with Gasteiger partial charge in [0, 0.05) is 6.04 Å². The summed E-state index contributed by atoms with van der Waals surface area (Å²) in [4.78, 5) is 0. The molecule has 3 atom stereocenters. The first-order valence-corrected chi connectivity index (χ1v) is 8.42. The van der Waals surface area contributed by atoms with Crippen molar-refractivity contribution in [3.63, 3.8) is 0 Å². The number of hydrogen-bond donors (Lipinski definition) is 1. The molecule has 0 bridgehead atoms. The molecule has 0 amide bonds. The fourth-order valence-electron chi connectivity index (χ4n) is 3.58. The van der Waals surface area contributed by atoms with E-state index in [1.165, 1.54) is 36.8 Å². The van der Waals surface area contributed by atoms with Gasteiger partial charge in [0.2, 0.25) is 0 Å². The second kappa shape index (κ2) is 7.26. The zero-order chi connectivity index (χ0) is 14.5. The SMILES string of the molecule is CCNC(Cc1ccc(C(C)C)cc1)C1CCC(C)C1. The summed E-state index contributed by atoms with van der Waals surface area (Å²) in [6, 6.07) is 9.94. The minimum Gasteiger partial charge on any atom is -0.314 e. The fraction of sp³-hybridized carbons (Fsp3) is 0.684. The first-order valence-electron chi connectivity index (χ1n) is 8.42. The van der Waals surface area contributed by atoms with Gasteiger partial charge in [-0.15, -0.1) is 0 Å². The highest BCUT2D eigenvalue weighted by Gasteiger charge is 2.28. The zero-order valence-corrected chi connectivity index (χ0v) is 13.7. The largest absolute Gasteiger partial charge is 0.314 e. The Kier molecular flexibility index (Phi) is 5.65. The third-order valence-electron chi connectivity index (χ3n) is 4.87. The molecule has 1 aliphatic carbocycles. The van der Waals surface area contributed by atoms with E-state index < -0.39 is 0 Å². The first-order chi connectivity index (χ1) is 9.60. The second-order valence-electron chi connectivity index (χ2n) is 6.94. The summed E-state index contributed by atoms with van der Waals surface area (Å²) in [7, 11) is 0. The third-order valence-corrected chi connectivity index (χ3v) is 4.87. The van der Waals surface area contributed by atoms with Crippen LogP contribution in [0.5, 0.6) is 0 Å². The van der Waals surface area contributed by atoms with Crippen molar-refractivity contribution in [2.24, 2.45) is 11.8 Å². The molecule has 1 saturated carbocycles. The van der Waals surface area contributed by atoms with Gasteiger partial charge < -0.3 is 5.32 Å². The molecule has 20 heavy (non-hydrogen) atoms. The van der Waals surface area contributed by atoms with Crippen LogP contribution in [0.3, 0.4) is 0 Å². The van der Waals surface area contributed by atoms with E-state index in [-0.39, 0.29) is 0 Å². The summed E-state index contributed by atoms with van der Waals surface area (Å²) in [6.07, 6.45) is 5.41. The van der Waals surface area contributed by atoms with Crippen molar-refractivity contribution in [2.75, 3.05) is 6.54 Å². The normalized spacial score (nSPS) is 24.2. The quantitative estimate of drug-likeness (QED) is 0.787. The molecule has 1 aromatic carbocycles. The second-order valence-corrected chi connectivity index (χ2v) is 6.94. The average molecular weight is 273 g/mol. The summed E-state index contributed by atoms with van der Waals surface area (Å²) < 4.78 is 0. The molecular formula is C19H31N. The van der Waals surface area contributed by atoms with Crippen LogP contribution in [0, 0.1) is 11.8 Å². The minimum absolute atomic E-state index is 0.629. The van der Waals surface area contributed by atoms with E-state index in [0.717, 1.165) is 18.4 Å². The molecule has 3 unspecified atom stereocenters. The van der Waals surface area contributed by atoms with E-state index in [1.807, 2.05) is 0 Å². The molecule has 112 valence electrons. The summed E-state index contributed by atoms with van der Waals surface area (Å²) in [6.45, 7) is 10.2. The Morgan fingerprint density at radius 2 is 1.85 bits per heavy atom. The lowest BCUT2D eigenvalue weighted by Gasteiger charge is -2.25. The number of rotatable bonds is 6. The van der Waals surface area contributed by atoms with E-state index in [9.17, 15) is 0 Å². The molecule has 1 heteroatoms. The van der Waals surface area contributed by atoms with Crippen molar-refractivity contribution in [1.82, 2.24) is 5.32 Å². The highest BCUT2D eigenvalue weighted by Crippen LogP contribution is 2.33. The molecule has 0 aromatic heterocycles. The topological polar surface area (TPSA) is 12.0 Å². The van der Waals surface area contributed by atoms with Gasteiger partial charge in [-0.3, -0.25) is 0 Å². The molecule has 2 rings (SSSR count). The van der Waals surface area contributed by atoms with Gasteiger partial charge in [-0.1, -0.05) is 58.4 Å². The van der Waals surface area contributed by atoms with E-state index in [4.69, 9.17) is 0 Å². The van der Waals surface area contributed by atoms with Crippen LogP contribution in [0.25, 0.3) is 0 Å². The van der Waals surface area contributed by atoms with Crippen molar-refractivity contribution >= 4 is 0 Å². The summed E-state index contributed by atoms with van der Waals surface area (Å²) in [5.41, 5.74) is 2.93. The van der Waals surface area contributed by atoms with Crippen LogP contribution < -0.4 is 5.32 Å². The van der Waals surface area contributed by atoms with Gasteiger partial charge >= 0.3 is 0 Å². The molecule has 1 aromatic rings. The molecule has 0 spiro atoms. The molecule has 1 N–H and O–H groups in total. The Labute approximate surface area is 125 Å². The lowest BCUT2D eigenvalue weighted by molar-refractivity contribution is 0.354. The Bertz CT molecular complexity index is 393. The average Bonchev–Trinajstić information content (AvgIpc) is 2.85. The smallest absolute Gasteiger partial charge is 0.0136 e. The maximum atomic E-state index is 3.73. The van der Waals surface area contributed by atoms with E-state index >= 15 is 0 Å². The van der Waals surface area contributed by atoms with Crippen molar-refractivity contribution in [3.05, 3.63) is 35.4 Å². The van der Waals surface area contributed by atoms with Crippen LogP contribution in [0.15, 0.2) is 24.3 Å². The molecule has 0 aliphatic heterocycles. The molecule has 0 saturated heterocycles. The molecule has 0 heterocycles. The Balaban J connectivity index is 2.00. The first kappa shape index (κ1) is 15.6. The van der Waals surface area contributed by atoms with Gasteiger partial charge in [0.25, 0.3) is 0 Å². The van der Waals surface area contributed by atoms with Gasteiger partial charge in [0.1, 0.15) is 0 Å². The summed E-state index contributed by atoms with van der Waals surface area (Å²) in [5, 5.41) is 3.73. The number of likely N-dealkylation sites (N-methyl/N-ethyl adjacent to an activating group) is 1. The van der Waals surface area contributed by atoms with Crippen LogP contribution in [0.1, 0.15) is 64.0 Å². The van der Waals surface area contributed by atoms with Gasteiger partial charge in [0.15, 0.2) is 0 Å². The van der Waals surface area contributed by atoms with E-state index in [0.29, 0.717) is 12.0 Å². The molecule has 1 aliphatic rings. The standard InChI is InChI=1S/C19H31N/c1-5-20-19(18-9-6-15(4)12-18)13-16-7-10-17(11-8-16)14(2)3/h7-8,10-11,14-15,18-20H,5-6,9,12-13H2,1-4H3. The lowest BCUT2D eigenvalue weighted by Crippen LogP contribution is -2.37. The lowest BCUT2D eigenvalue weighted by atomic mass is 9.90. The maximum absolute atomic E-state index is 3.73. The molecule has 1 fully saturated rings. The highest BCUT2D eigenvalue weighted by atomic mass is 14.9. The Hall–Kier alpha value is -0.820.